The second-order valence-electron chi connectivity index (χ2n) is 4.63. The van der Waals surface area contributed by atoms with Crippen LogP contribution in [0.5, 0.6) is 5.75 Å². The summed E-state index contributed by atoms with van der Waals surface area (Å²) in [5.74, 6) is 0.811. The summed E-state index contributed by atoms with van der Waals surface area (Å²) in [5, 5.41) is 12.7. The van der Waals surface area contributed by atoms with Crippen LogP contribution in [0.1, 0.15) is 23.6 Å². The van der Waals surface area contributed by atoms with Gasteiger partial charge in [-0.15, -0.1) is 0 Å². The van der Waals surface area contributed by atoms with E-state index in [4.69, 9.17) is 21.6 Å². The number of ether oxygens (including phenoxy) is 1. The highest BCUT2D eigenvalue weighted by atomic mass is 35.5. The minimum absolute atomic E-state index is 0.384. The summed E-state index contributed by atoms with van der Waals surface area (Å²) in [6, 6.07) is 15.3. The molecular weight excluding hydrogens is 284 g/mol. The maximum atomic E-state index is 8.82. The van der Waals surface area contributed by atoms with Gasteiger partial charge in [0, 0.05) is 17.1 Å². The van der Waals surface area contributed by atoms with Crippen molar-refractivity contribution in [2.24, 2.45) is 0 Å². The molecule has 0 heterocycles. The lowest BCUT2D eigenvalue weighted by atomic mass is 10.1. The van der Waals surface area contributed by atoms with Crippen LogP contribution in [-0.4, -0.2) is 6.54 Å². The van der Waals surface area contributed by atoms with Crippen LogP contribution in [0.3, 0.4) is 0 Å². The number of hydrogen-bond donors (Lipinski definition) is 1. The van der Waals surface area contributed by atoms with Crippen molar-refractivity contribution in [2.45, 2.75) is 20.1 Å². The molecule has 0 atom stereocenters. The molecule has 0 spiro atoms. The van der Waals surface area contributed by atoms with Crippen LogP contribution in [0.15, 0.2) is 42.5 Å². The predicted octanol–water partition coefficient (Wildman–Crippen LogP) is 3.90. The molecule has 0 aliphatic carbocycles. The van der Waals surface area contributed by atoms with Crippen LogP contribution < -0.4 is 10.1 Å². The number of nitriles is 1. The third-order valence-corrected chi connectivity index (χ3v) is 3.41. The molecule has 0 aromatic heterocycles. The first-order chi connectivity index (χ1) is 10.2. The minimum atomic E-state index is 0.384. The smallest absolute Gasteiger partial charge is 0.120 e. The predicted molar refractivity (Wildman–Crippen MR) is 84.3 cm³/mol. The average molecular weight is 301 g/mol. The molecule has 0 saturated heterocycles. The van der Waals surface area contributed by atoms with Crippen molar-refractivity contribution in [1.29, 1.82) is 5.26 Å². The Morgan fingerprint density at radius 3 is 2.81 bits per heavy atom. The molecular formula is C17H17ClN2O. The van der Waals surface area contributed by atoms with Gasteiger partial charge in [0.1, 0.15) is 12.4 Å². The molecule has 0 radical (unpaired) electrons. The van der Waals surface area contributed by atoms with E-state index in [1.165, 1.54) is 5.56 Å². The zero-order valence-corrected chi connectivity index (χ0v) is 12.7. The number of nitrogens with zero attached hydrogens (tertiary/aromatic N) is 1. The Morgan fingerprint density at radius 1 is 1.24 bits per heavy atom. The molecule has 0 amide bonds. The van der Waals surface area contributed by atoms with E-state index in [1.54, 1.807) is 12.1 Å². The van der Waals surface area contributed by atoms with Crippen LogP contribution in [0.2, 0.25) is 5.02 Å². The van der Waals surface area contributed by atoms with E-state index in [-0.39, 0.29) is 0 Å². The molecule has 0 aliphatic rings. The van der Waals surface area contributed by atoms with Crippen LogP contribution in [0.4, 0.5) is 0 Å². The Labute approximate surface area is 130 Å². The van der Waals surface area contributed by atoms with Gasteiger partial charge in [0.2, 0.25) is 0 Å². The van der Waals surface area contributed by atoms with E-state index < -0.39 is 0 Å². The van der Waals surface area contributed by atoms with Crippen LogP contribution in [0.25, 0.3) is 0 Å². The molecule has 0 bridgehead atoms. The van der Waals surface area contributed by atoms with E-state index in [9.17, 15) is 0 Å². The van der Waals surface area contributed by atoms with Crippen LogP contribution in [0, 0.1) is 11.3 Å². The average Bonchev–Trinajstić information content (AvgIpc) is 2.52. The number of halogens is 1. The van der Waals surface area contributed by atoms with Gasteiger partial charge in [0.15, 0.2) is 0 Å². The highest BCUT2D eigenvalue weighted by Gasteiger charge is 2.03. The summed E-state index contributed by atoms with van der Waals surface area (Å²) in [5.41, 5.74) is 2.60. The van der Waals surface area contributed by atoms with Crippen molar-refractivity contribution in [1.82, 2.24) is 5.32 Å². The minimum Gasteiger partial charge on any atom is -0.489 e. The molecule has 108 valence electrons. The molecule has 3 nitrogen and oxygen atoms in total. The molecule has 21 heavy (non-hydrogen) atoms. The Bertz CT molecular complexity index is 649. The summed E-state index contributed by atoms with van der Waals surface area (Å²) in [6.45, 7) is 4.22. The van der Waals surface area contributed by atoms with Gasteiger partial charge in [-0.1, -0.05) is 36.7 Å². The van der Waals surface area contributed by atoms with Gasteiger partial charge >= 0.3 is 0 Å². The Kier molecular flexibility index (Phi) is 5.62. The fourth-order valence-corrected chi connectivity index (χ4v) is 2.14. The first-order valence-corrected chi connectivity index (χ1v) is 7.21. The van der Waals surface area contributed by atoms with Crippen LogP contribution >= 0.6 is 11.6 Å². The maximum Gasteiger partial charge on any atom is 0.120 e. The summed E-state index contributed by atoms with van der Waals surface area (Å²) >= 11 is 6.13. The highest BCUT2D eigenvalue weighted by Crippen LogP contribution is 2.21. The van der Waals surface area contributed by atoms with Gasteiger partial charge in [-0.2, -0.15) is 5.26 Å². The summed E-state index contributed by atoms with van der Waals surface area (Å²) in [6.07, 6.45) is 0. The zero-order chi connectivity index (χ0) is 15.1. The summed E-state index contributed by atoms with van der Waals surface area (Å²) in [7, 11) is 0. The fourth-order valence-electron chi connectivity index (χ4n) is 1.91. The maximum absolute atomic E-state index is 8.82. The summed E-state index contributed by atoms with van der Waals surface area (Å²) in [4.78, 5) is 0. The molecule has 0 saturated carbocycles. The number of nitrogens with one attached hydrogen (secondary N) is 1. The van der Waals surface area contributed by atoms with E-state index >= 15 is 0 Å². The van der Waals surface area contributed by atoms with Gasteiger partial charge < -0.3 is 10.1 Å². The molecule has 0 unspecified atom stereocenters. The van der Waals surface area contributed by atoms with Crippen molar-refractivity contribution >= 4 is 11.6 Å². The van der Waals surface area contributed by atoms with Crippen molar-refractivity contribution in [3.63, 3.8) is 0 Å². The Balaban J connectivity index is 2.01. The monoisotopic (exact) mass is 300 g/mol. The second kappa shape index (κ2) is 7.68. The van der Waals surface area contributed by atoms with Gasteiger partial charge in [0.05, 0.1) is 11.6 Å². The quantitative estimate of drug-likeness (QED) is 0.880. The lowest BCUT2D eigenvalue weighted by Crippen LogP contribution is -2.11. The zero-order valence-electron chi connectivity index (χ0n) is 11.9. The van der Waals surface area contributed by atoms with E-state index in [0.717, 1.165) is 24.4 Å². The standard InChI is InChI=1S/C17H17ClN2O/c1-2-20-11-14-4-3-5-16(8-14)21-12-15-7-6-13(10-19)9-17(15)18/h3-9,20H,2,11-12H2,1H3. The number of benzene rings is 2. The molecule has 0 fully saturated rings. The molecule has 2 aromatic rings. The fraction of sp³-hybridized carbons (Fsp3) is 0.235. The normalized spacial score (nSPS) is 10.1. The first-order valence-electron chi connectivity index (χ1n) is 6.84. The molecule has 4 heteroatoms. The third kappa shape index (κ3) is 4.49. The van der Waals surface area contributed by atoms with E-state index in [0.29, 0.717) is 17.2 Å². The van der Waals surface area contributed by atoms with Gasteiger partial charge in [-0.25, -0.2) is 0 Å². The van der Waals surface area contributed by atoms with Crippen molar-refractivity contribution in [2.75, 3.05) is 6.54 Å². The molecule has 2 rings (SSSR count). The van der Waals surface area contributed by atoms with Gasteiger partial charge in [-0.05, 0) is 36.4 Å². The molecule has 0 aliphatic heterocycles. The third-order valence-electron chi connectivity index (χ3n) is 3.05. The van der Waals surface area contributed by atoms with Gasteiger partial charge in [-0.3, -0.25) is 0 Å². The van der Waals surface area contributed by atoms with E-state index in [1.807, 2.05) is 24.3 Å². The topological polar surface area (TPSA) is 45.0 Å². The lowest BCUT2D eigenvalue weighted by Gasteiger charge is -2.10. The first kappa shape index (κ1) is 15.4. The van der Waals surface area contributed by atoms with Gasteiger partial charge in [0.25, 0.3) is 0 Å². The van der Waals surface area contributed by atoms with Crippen molar-refractivity contribution in [3.8, 4) is 11.8 Å². The van der Waals surface area contributed by atoms with Crippen LogP contribution in [-0.2, 0) is 13.2 Å². The molecule has 1 N–H and O–H groups in total. The second-order valence-corrected chi connectivity index (χ2v) is 5.04. The molecule has 2 aromatic carbocycles. The highest BCUT2D eigenvalue weighted by molar-refractivity contribution is 6.31. The number of hydrogen-bond acceptors (Lipinski definition) is 3. The lowest BCUT2D eigenvalue weighted by molar-refractivity contribution is 0.306. The largest absolute Gasteiger partial charge is 0.489 e. The summed E-state index contributed by atoms with van der Waals surface area (Å²) < 4.78 is 5.77. The van der Waals surface area contributed by atoms with Crippen molar-refractivity contribution < 1.29 is 4.74 Å². The number of rotatable bonds is 6. The van der Waals surface area contributed by atoms with E-state index in [2.05, 4.69) is 24.4 Å². The Morgan fingerprint density at radius 2 is 2.10 bits per heavy atom. The SMILES string of the molecule is CCNCc1cccc(OCc2ccc(C#N)cc2Cl)c1. The van der Waals surface area contributed by atoms with Crippen molar-refractivity contribution in [3.05, 3.63) is 64.2 Å². The Hall–Kier alpha value is -2.02.